The van der Waals surface area contributed by atoms with E-state index in [4.69, 9.17) is 26.1 Å². The lowest BCUT2D eigenvalue weighted by atomic mass is 10.1. The summed E-state index contributed by atoms with van der Waals surface area (Å²) in [5.74, 6) is 0.464. The maximum atomic E-state index is 13.4. The van der Waals surface area contributed by atoms with E-state index in [1.165, 1.54) is 6.08 Å². The van der Waals surface area contributed by atoms with Gasteiger partial charge in [0.2, 0.25) is 11.9 Å². The molecule has 3 aromatic heterocycles. The summed E-state index contributed by atoms with van der Waals surface area (Å²) < 4.78 is 15.1. The Morgan fingerprint density at radius 1 is 1.24 bits per heavy atom. The third-order valence-electron chi connectivity index (χ3n) is 7.06. The van der Waals surface area contributed by atoms with Crippen LogP contribution in [0.25, 0.3) is 16.6 Å². The van der Waals surface area contributed by atoms with Crippen molar-refractivity contribution in [2.75, 3.05) is 31.6 Å². The molecule has 0 spiro atoms. The van der Waals surface area contributed by atoms with Crippen molar-refractivity contribution in [3.05, 3.63) is 66.2 Å². The van der Waals surface area contributed by atoms with E-state index in [0.717, 1.165) is 24.8 Å². The lowest BCUT2D eigenvalue weighted by Crippen LogP contribution is -2.38. The van der Waals surface area contributed by atoms with Crippen LogP contribution < -0.4 is 10.1 Å². The Kier molecular flexibility index (Phi) is 6.50. The zero-order valence-corrected chi connectivity index (χ0v) is 21.4. The second-order valence-corrected chi connectivity index (χ2v) is 9.94. The second-order valence-electron chi connectivity index (χ2n) is 9.56. The van der Waals surface area contributed by atoms with Crippen molar-refractivity contribution in [3.8, 4) is 5.75 Å². The van der Waals surface area contributed by atoms with Crippen LogP contribution in [-0.2, 0) is 9.53 Å². The molecule has 4 aromatic rings. The van der Waals surface area contributed by atoms with Gasteiger partial charge in [-0.05, 0) is 49.6 Å². The Hall–Kier alpha value is -3.89. The number of nitrogens with zero attached hydrogens (tertiary/aromatic N) is 5. The molecule has 0 aliphatic carbocycles. The zero-order chi connectivity index (χ0) is 26.2. The molecule has 5 heterocycles. The van der Waals surface area contributed by atoms with E-state index >= 15 is 0 Å². The number of imidazole rings is 2. The molecule has 2 fully saturated rings. The van der Waals surface area contributed by atoms with Crippen molar-refractivity contribution in [1.29, 1.82) is 0 Å². The highest BCUT2D eigenvalue weighted by Gasteiger charge is 2.29. The summed E-state index contributed by atoms with van der Waals surface area (Å²) in [5.41, 5.74) is 2.56. The van der Waals surface area contributed by atoms with E-state index in [1.807, 2.05) is 15.0 Å². The molecule has 1 N–H and O–H groups in total. The van der Waals surface area contributed by atoms with Crippen molar-refractivity contribution in [3.63, 3.8) is 0 Å². The maximum absolute atomic E-state index is 13.4. The Balaban J connectivity index is 1.42. The van der Waals surface area contributed by atoms with Gasteiger partial charge in [0.05, 0.1) is 48.3 Å². The molecule has 0 unspecified atom stereocenters. The van der Waals surface area contributed by atoms with Crippen molar-refractivity contribution in [1.82, 2.24) is 23.8 Å². The van der Waals surface area contributed by atoms with E-state index in [0.29, 0.717) is 59.6 Å². The SMILES string of the molecule is C=CC(=O)N1CCCC[C@@H](n2c(NC(=O)c3ccn4cncc4c3)nc3ccc(OC4COC4)c(Cl)c32)C1. The molecular weight excluding hydrogens is 508 g/mol. The summed E-state index contributed by atoms with van der Waals surface area (Å²) in [7, 11) is 0. The molecular formula is C27H27ClN6O4. The Bertz CT molecular complexity index is 1540. The highest BCUT2D eigenvalue weighted by Crippen LogP contribution is 2.39. The topological polar surface area (TPSA) is 103 Å². The summed E-state index contributed by atoms with van der Waals surface area (Å²) in [6.07, 6.45) is 9.00. The number of aromatic nitrogens is 4. The molecule has 6 rings (SSSR count). The van der Waals surface area contributed by atoms with Crippen LogP contribution in [0.2, 0.25) is 5.02 Å². The quantitative estimate of drug-likeness (QED) is 0.373. The number of amides is 2. The molecule has 0 radical (unpaired) electrons. The van der Waals surface area contributed by atoms with Crippen LogP contribution in [0.3, 0.4) is 0 Å². The minimum absolute atomic E-state index is 0.0578. The van der Waals surface area contributed by atoms with Crippen LogP contribution >= 0.6 is 11.6 Å². The number of ether oxygens (including phenoxy) is 2. The number of benzene rings is 1. The Labute approximate surface area is 223 Å². The largest absolute Gasteiger partial charge is 0.484 e. The molecule has 1 aromatic carbocycles. The molecule has 0 bridgehead atoms. The summed E-state index contributed by atoms with van der Waals surface area (Å²) >= 11 is 6.93. The lowest BCUT2D eigenvalue weighted by molar-refractivity contribution is -0.126. The summed E-state index contributed by atoms with van der Waals surface area (Å²) in [5, 5.41) is 3.41. The summed E-state index contributed by atoms with van der Waals surface area (Å²) in [6, 6.07) is 6.96. The van der Waals surface area contributed by atoms with Crippen molar-refractivity contribution in [2.45, 2.75) is 31.4 Å². The number of pyridine rings is 1. The van der Waals surface area contributed by atoms with E-state index in [-0.39, 0.29) is 24.0 Å². The third kappa shape index (κ3) is 4.50. The molecule has 2 aliphatic rings. The van der Waals surface area contributed by atoms with Crippen LogP contribution in [0.5, 0.6) is 5.75 Å². The van der Waals surface area contributed by atoms with Gasteiger partial charge in [0.15, 0.2) is 0 Å². The monoisotopic (exact) mass is 534 g/mol. The zero-order valence-electron chi connectivity index (χ0n) is 20.7. The minimum atomic E-state index is -0.308. The fraction of sp³-hybridized carbons (Fsp3) is 0.333. The predicted molar refractivity (Wildman–Crippen MR) is 143 cm³/mol. The molecule has 2 aliphatic heterocycles. The maximum Gasteiger partial charge on any atom is 0.258 e. The minimum Gasteiger partial charge on any atom is -0.484 e. The van der Waals surface area contributed by atoms with Crippen molar-refractivity contribution >= 4 is 45.9 Å². The van der Waals surface area contributed by atoms with Crippen LogP contribution in [0.15, 0.2) is 55.6 Å². The normalized spacial score (nSPS) is 18.2. The first kappa shape index (κ1) is 24.4. The third-order valence-corrected chi connectivity index (χ3v) is 7.42. The smallest absolute Gasteiger partial charge is 0.258 e. The van der Waals surface area contributed by atoms with Gasteiger partial charge in [0, 0.05) is 24.8 Å². The van der Waals surface area contributed by atoms with Gasteiger partial charge in [-0.15, -0.1) is 0 Å². The second kappa shape index (κ2) is 10.1. The van der Waals surface area contributed by atoms with Crippen LogP contribution in [-0.4, -0.2) is 68.1 Å². The van der Waals surface area contributed by atoms with Crippen LogP contribution in [0, 0.1) is 0 Å². The number of halogens is 1. The molecule has 38 heavy (non-hydrogen) atoms. The first-order chi connectivity index (χ1) is 18.5. The van der Waals surface area contributed by atoms with Crippen LogP contribution in [0.1, 0.15) is 35.7 Å². The van der Waals surface area contributed by atoms with Gasteiger partial charge in [-0.25, -0.2) is 9.97 Å². The summed E-state index contributed by atoms with van der Waals surface area (Å²) in [4.78, 5) is 36.6. The predicted octanol–water partition coefficient (Wildman–Crippen LogP) is 4.11. The number of anilines is 1. The number of likely N-dealkylation sites (tertiary alicyclic amines) is 1. The number of hydrogen-bond donors (Lipinski definition) is 1. The Morgan fingerprint density at radius 3 is 2.89 bits per heavy atom. The van der Waals surface area contributed by atoms with Crippen LogP contribution in [0.4, 0.5) is 5.95 Å². The van der Waals surface area contributed by atoms with Crippen molar-refractivity contribution in [2.24, 2.45) is 0 Å². The molecule has 10 nitrogen and oxygen atoms in total. The molecule has 11 heteroatoms. The van der Waals surface area contributed by atoms with Crippen molar-refractivity contribution < 1.29 is 19.1 Å². The average Bonchev–Trinajstić information content (AvgIpc) is 3.43. The first-order valence-electron chi connectivity index (χ1n) is 12.6. The molecule has 2 amide bonds. The molecule has 196 valence electrons. The number of rotatable bonds is 6. The molecule has 1 atom stereocenters. The van der Waals surface area contributed by atoms with Gasteiger partial charge >= 0.3 is 0 Å². The van der Waals surface area contributed by atoms with E-state index < -0.39 is 0 Å². The van der Waals surface area contributed by atoms with Gasteiger partial charge in [-0.2, -0.15) is 0 Å². The fourth-order valence-corrected chi connectivity index (χ4v) is 5.31. The van der Waals surface area contributed by atoms with E-state index in [2.05, 4.69) is 16.9 Å². The summed E-state index contributed by atoms with van der Waals surface area (Å²) in [6.45, 7) is 5.77. The number of fused-ring (bicyclic) bond motifs is 2. The van der Waals surface area contributed by atoms with Gasteiger partial charge < -0.3 is 23.3 Å². The fourth-order valence-electron chi connectivity index (χ4n) is 5.02. The first-order valence-corrected chi connectivity index (χ1v) is 13.0. The van der Waals surface area contributed by atoms with E-state index in [9.17, 15) is 9.59 Å². The van der Waals surface area contributed by atoms with Gasteiger partial charge in [0.25, 0.3) is 5.91 Å². The van der Waals surface area contributed by atoms with Gasteiger partial charge in [-0.3, -0.25) is 14.9 Å². The molecule has 2 saturated heterocycles. The number of hydrogen-bond acceptors (Lipinski definition) is 6. The number of carbonyl (C=O) groups excluding carboxylic acids is 2. The molecule has 0 saturated carbocycles. The Morgan fingerprint density at radius 2 is 2.11 bits per heavy atom. The highest BCUT2D eigenvalue weighted by molar-refractivity contribution is 6.36. The average molecular weight is 535 g/mol. The van der Waals surface area contributed by atoms with Gasteiger partial charge in [0.1, 0.15) is 16.9 Å². The van der Waals surface area contributed by atoms with E-state index in [1.54, 1.807) is 41.8 Å². The number of carbonyl (C=O) groups is 2. The van der Waals surface area contributed by atoms with Gasteiger partial charge in [-0.1, -0.05) is 18.2 Å². The highest BCUT2D eigenvalue weighted by atomic mass is 35.5. The number of nitrogens with one attached hydrogen (secondary N) is 1. The lowest BCUT2D eigenvalue weighted by Gasteiger charge is -2.28. The standard InChI is InChI=1S/C27H27ClN6O4/c1-2-23(35)32-9-4-3-5-18(13-32)34-25-21(6-7-22(24(25)28)38-20-14-37-15-20)30-27(34)31-26(36)17-8-10-33-16-29-12-19(33)11-17/h2,6-8,10-12,16,18,20H,1,3-5,9,13-15H2,(H,30,31,36)/t18-/m1/s1.